The van der Waals surface area contributed by atoms with Crippen LogP contribution in [-0.4, -0.2) is 42.3 Å². The number of anilines is 2. The molecule has 7 heteroatoms. The largest absolute Gasteiger partial charge is 0.372 e. The molecule has 178 valence electrons. The normalized spacial score (nSPS) is 14.1. The first-order valence-corrected chi connectivity index (χ1v) is 12.0. The van der Waals surface area contributed by atoms with E-state index in [-0.39, 0.29) is 17.6 Å². The lowest BCUT2D eigenvalue weighted by molar-refractivity contribution is -0.125. The van der Waals surface area contributed by atoms with Crippen molar-refractivity contribution in [3.63, 3.8) is 0 Å². The van der Waals surface area contributed by atoms with Gasteiger partial charge in [0, 0.05) is 49.9 Å². The maximum Gasteiger partial charge on any atom is 0.223 e. The van der Waals surface area contributed by atoms with Crippen LogP contribution in [0.1, 0.15) is 32.3 Å². The zero-order valence-electron chi connectivity index (χ0n) is 19.9. The SMILES string of the molecule is CCN(CC)c1ccc(CNC(=O)C2CCN(c3ccc(-c4cccc(F)c4)nn3)CC2)cc1. The third kappa shape index (κ3) is 5.71. The number of nitrogens with zero attached hydrogens (tertiary/aromatic N) is 4. The summed E-state index contributed by atoms with van der Waals surface area (Å²) in [5.41, 5.74) is 3.66. The van der Waals surface area contributed by atoms with Crippen LogP contribution >= 0.6 is 0 Å². The van der Waals surface area contributed by atoms with E-state index >= 15 is 0 Å². The van der Waals surface area contributed by atoms with Crippen LogP contribution in [0.4, 0.5) is 15.9 Å². The highest BCUT2D eigenvalue weighted by atomic mass is 19.1. The molecular weight excluding hydrogens is 429 g/mol. The summed E-state index contributed by atoms with van der Waals surface area (Å²) in [6.45, 7) is 8.32. The van der Waals surface area contributed by atoms with Crippen molar-refractivity contribution in [3.8, 4) is 11.3 Å². The monoisotopic (exact) mass is 461 g/mol. The lowest BCUT2D eigenvalue weighted by Crippen LogP contribution is -2.40. The highest BCUT2D eigenvalue weighted by molar-refractivity contribution is 5.79. The van der Waals surface area contributed by atoms with Crippen molar-refractivity contribution in [2.45, 2.75) is 33.2 Å². The van der Waals surface area contributed by atoms with Gasteiger partial charge in [0.1, 0.15) is 5.82 Å². The number of hydrogen-bond acceptors (Lipinski definition) is 5. The molecule has 4 rings (SSSR count). The first-order valence-electron chi connectivity index (χ1n) is 12.0. The average molecular weight is 462 g/mol. The van der Waals surface area contributed by atoms with Crippen LogP contribution in [0.3, 0.4) is 0 Å². The molecule has 1 N–H and O–H groups in total. The van der Waals surface area contributed by atoms with Crippen LogP contribution in [-0.2, 0) is 11.3 Å². The number of nitrogens with one attached hydrogen (secondary N) is 1. The number of benzene rings is 2. The fraction of sp³-hybridized carbons (Fsp3) is 0.370. The summed E-state index contributed by atoms with van der Waals surface area (Å²) in [7, 11) is 0. The van der Waals surface area contributed by atoms with Crippen LogP contribution in [0.25, 0.3) is 11.3 Å². The molecule has 1 aliphatic rings. The Morgan fingerprint density at radius 2 is 1.76 bits per heavy atom. The van der Waals surface area contributed by atoms with Crippen molar-refractivity contribution in [1.82, 2.24) is 15.5 Å². The van der Waals surface area contributed by atoms with E-state index in [1.807, 2.05) is 18.2 Å². The Kier molecular flexibility index (Phi) is 7.72. The molecule has 2 heterocycles. The zero-order chi connectivity index (χ0) is 23.9. The van der Waals surface area contributed by atoms with E-state index in [4.69, 9.17) is 0 Å². The average Bonchev–Trinajstić information content (AvgIpc) is 2.89. The number of rotatable bonds is 8. The van der Waals surface area contributed by atoms with Crippen molar-refractivity contribution in [1.29, 1.82) is 0 Å². The predicted octanol–water partition coefficient (Wildman–Crippen LogP) is 4.66. The van der Waals surface area contributed by atoms with Gasteiger partial charge < -0.3 is 15.1 Å². The van der Waals surface area contributed by atoms with Crippen LogP contribution in [0.2, 0.25) is 0 Å². The van der Waals surface area contributed by atoms with E-state index in [0.717, 1.165) is 50.4 Å². The van der Waals surface area contributed by atoms with Crippen molar-refractivity contribution in [2.24, 2.45) is 5.92 Å². The van der Waals surface area contributed by atoms with Crippen LogP contribution < -0.4 is 15.1 Å². The second-order valence-corrected chi connectivity index (χ2v) is 8.60. The Bertz CT molecular complexity index is 1070. The van der Waals surface area contributed by atoms with Gasteiger partial charge in [-0.1, -0.05) is 24.3 Å². The number of carbonyl (C=O) groups excluding carboxylic acids is 1. The second kappa shape index (κ2) is 11.1. The minimum Gasteiger partial charge on any atom is -0.372 e. The Morgan fingerprint density at radius 3 is 2.38 bits per heavy atom. The maximum absolute atomic E-state index is 13.5. The van der Waals surface area contributed by atoms with Gasteiger partial charge in [-0.15, -0.1) is 10.2 Å². The summed E-state index contributed by atoms with van der Waals surface area (Å²) in [5, 5.41) is 11.7. The van der Waals surface area contributed by atoms with Gasteiger partial charge in [0.25, 0.3) is 0 Å². The van der Waals surface area contributed by atoms with Crippen LogP contribution in [0, 0.1) is 11.7 Å². The molecule has 1 amide bonds. The summed E-state index contributed by atoms with van der Waals surface area (Å²) >= 11 is 0. The number of carbonyl (C=O) groups is 1. The third-order valence-corrected chi connectivity index (χ3v) is 6.49. The molecule has 0 saturated carbocycles. The van der Waals surface area contributed by atoms with Gasteiger partial charge in [-0.2, -0.15) is 0 Å². The molecule has 34 heavy (non-hydrogen) atoms. The number of hydrogen-bond donors (Lipinski definition) is 1. The number of halogens is 1. The first kappa shape index (κ1) is 23.7. The Balaban J connectivity index is 1.26. The summed E-state index contributed by atoms with van der Waals surface area (Å²) < 4.78 is 13.5. The first-order chi connectivity index (χ1) is 16.6. The molecule has 0 unspecified atom stereocenters. The Morgan fingerprint density at radius 1 is 1.03 bits per heavy atom. The molecule has 3 aromatic rings. The minimum atomic E-state index is -0.291. The van der Waals surface area contributed by atoms with Crippen LogP contribution in [0.5, 0.6) is 0 Å². The van der Waals surface area contributed by atoms with Gasteiger partial charge in [0.05, 0.1) is 5.69 Å². The number of aromatic nitrogens is 2. The van der Waals surface area contributed by atoms with Crippen molar-refractivity contribution < 1.29 is 9.18 Å². The topological polar surface area (TPSA) is 61.4 Å². The van der Waals surface area contributed by atoms with E-state index < -0.39 is 0 Å². The third-order valence-electron chi connectivity index (χ3n) is 6.49. The van der Waals surface area contributed by atoms with Gasteiger partial charge >= 0.3 is 0 Å². The molecule has 1 aromatic heterocycles. The molecule has 1 aliphatic heterocycles. The highest BCUT2D eigenvalue weighted by Crippen LogP contribution is 2.24. The van der Waals surface area contributed by atoms with Crippen molar-refractivity contribution >= 4 is 17.4 Å². The highest BCUT2D eigenvalue weighted by Gasteiger charge is 2.25. The van der Waals surface area contributed by atoms with Crippen molar-refractivity contribution in [3.05, 3.63) is 72.0 Å². The molecule has 0 aliphatic carbocycles. The molecule has 6 nitrogen and oxygen atoms in total. The van der Waals surface area contributed by atoms with E-state index in [1.165, 1.54) is 17.8 Å². The summed E-state index contributed by atoms with van der Waals surface area (Å²) in [6.07, 6.45) is 1.56. The summed E-state index contributed by atoms with van der Waals surface area (Å²) in [4.78, 5) is 17.2. The molecule has 2 aromatic carbocycles. The van der Waals surface area contributed by atoms with E-state index in [2.05, 4.69) is 63.4 Å². The van der Waals surface area contributed by atoms with Gasteiger partial charge in [-0.05, 0) is 68.7 Å². The van der Waals surface area contributed by atoms with Gasteiger partial charge in [-0.3, -0.25) is 4.79 Å². The minimum absolute atomic E-state index is 0.00530. The quantitative estimate of drug-likeness (QED) is 0.529. The standard InChI is InChI=1S/C27H32FN5O/c1-3-32(4-2)24-10-8-20(9-11-24)19-29-27(34)21-14-16-33(17-15-21)26-13-12-25(30-31-26)22-6-5-7-23(28)18-22/h5-13,18,21H,3-4,14-17,19H2,1-2H3,(H,29,34). The Hall–Kier alpha value is -3.48. The fourth-order valence-electron chi connectivity index (χ4n) is 4.41. The van der Waals surface area contributed by atoms with E-state index in [1.54, 1.807) is 6.07 Å². The van der Waals surface area contributed by atoms with E-state index in [9.17, 15) is 9.18 Å². The number of amides is 1. The van der Waals surface area contributed by atoms with Crippen LogP contribution in [0.15, 0.2) is 60.7 Å². The molecular formula is C27H32FN5O. The molecule has 0 radical (unpaired) electrons. The van der Waals surface area contributed by atoms with Gasteiger partial charge in [0.15, 0.2) is 5.82 Å². The molecule has 0 bridgehead atoms. The second-order valence-electron chi connectivity index (χ2n) is 8.60. The number of piperidine rings is 1. The Labute approximate surface area is 200 Å². The maximum atomic E-state index is 13.5. The molecule has 1 fully saturated rings. The smallest absolute Gasteiger partial charge is 0.223 e. The lowest BCUT2D eigenvalue weighted by atomic mass is 9.96. The lowest BCUT2D eigenvalue weighted by Gasteiger charge is -2.31. The predicted molar refractivity (Wildman–Crippen MR) is 134 cm³/mol. The molecule has 1 saturated heterocycles. The van der Waals surface area contributed by atoms with Gasteiger partial charge in [-0.25, -0.2) is 4.39 Å². The summed E-state index contributed by atoms with van der Waals surface area (Å²) in [6, 6.07) is 18.5. The molecule has 0 atom stereocenters. The summed E-state index contributed by atoms with van der Waals surface area (Å²) in [5.74, 6) is 0.610. The van der Waals surface area contributed by atoms with E-state index in [0.29, 0.717) is 17.8 Å². The zero-order valence-corrected chi connectivity index (χ0v) is 19.9. The molecule has 0 spiro atoms. The van der Waals surface area contributed by atoms with Gasteiger partial charge in [0.2, 0.25) is 5.91 Å². The fourth-order valence-corrected chi connectivity index (χ4v) is 4.41. The van der Waals surface area contributed by atoms with Crippen molar-refractivity contribution in [2.75, 3.05) is 36.0 Å².